The van der Waals surface area contributed by atoms with Crippen LogP contribution in [0.25, 0.3) is 0 Å². The zero-order valence-electron chi connectivity index (χ0n) is 17.5. The maximum Gasteiger partial charge on any atom is 0.325 e. The van der Waals surface area contributed by atoms with Crippen molar-refractivity contribution in [3.63, 3.8) is 0 Å². The van der Waals surface area contributed by atoms with Gasteiger partial charge in [-0.1, -0.05) is 13.8 Å². The Hall–Kier alpha value is -2.03. The molecule has 0 unspecified atom stereocenters. The normalized spacial score (nSPS) is 16.4. The number of urea groups is 1. The van der Waals surface area contributed by atoms with Gasteiger partial charge in [0.2, 0.25) is 5.91 Å². The van der Waals surface area contributed by atoms with Gasteiger partial charge in [-0.25, -0.2) is 4.79 Å². The molecule has 1 heterocycles. The summed E-state index contributed by atoms with van der Waals surface area (Å²) in [6.07, 6.45) is 1.76. The van der Waals surface area contributed by atoms with Gasteiger partial charge in [-0.3, -0.25) is 15.0 Å². The molecule has 0 aromatic heterocycles. The summed E-state index contributed by atoms with van der Waals surface area (Å²) < 4.78 is 11.4. The number of carbonyl (C=O) groups excluding carboxylic acids is 2. The van der Waals surface area contributed by atoms with Crippen LogP contribution in [0.3, 0.4) is 0 Å². The second-order valence-corrected chi connectivity index (χ2v) is 6.88. The fourth-order valence-corrected chi connectivity index (χ4v) is 2.87. The van der Waals surface area contributed by atoms with Crippen LogP contribution in [-0.4, -0.2) is 62.3 Å². The molecule has 1 aliphatic heterocycles. The van der Waals surface area contributed by atoms with E-state index in [1.165, 1.54) is 0 Å². The number of benzene rings is 1. The van der Waals surface area contributed by atoms with Gasteiger partial charge in [0.05, 0.1) is 19.8 Å². The molecule has 1 fully saturated rings. The minimum Gasteiger partial charge on any atom is -0.490 e. The Bertz CT molecular complexity index is 659. The highest BCUT2D eigenvalue weighted by molar-refractivity contribution is 6.01. The van der Waals surface area contributed by atoms with Crippen LogP contribution in [0.2, 0.25) is 0 Å². The Morgan fingerprint density at radius 1 is 1.17 bits per heavy atom. The van der Waals surface area contributed by atoms with Crippen LogP contribution in [0, 0.1) is 0 Å². The molecule has 2 rings (SSSR count). The van der Waals surface area contributed by atoms with Crippen molar-refractivity contribution in [3.8, 4) is 11.5 Å². The Balaban J connectivity index is 0.00000420. The molecule has 29 heavy (non-hydrogen) atoms. The quantitative estimate of drug-likeness (QED) is 0.560. The molecular formula is C20H33ClN4O4. The highest BCUT2D eigenvalue weighted by atomic mass is 35.5. The highest BCUT2D eigenvalue weighted by Gasteiger charge is 2.21. The van der Waals surface area contributed by atoms with Gasteiger partial charge in [0, 0.05) is 37.4 Å². The molecular weight excluding hydrogens is 396 g/mol. The maximum atomic E-state index is 12.2. The lowest BCUT2D eigenvalue weighted by molar-refractivity contribution is -0.121. The van der Waals surface area contributed by atoms with Crippen LogP contribution in [0.15, 0.2) is 18.2 Å². The first-order valence-corrected chi connectivity index (χ1v) is 9.98. The van der Waals surface area contributed by atoms with Gasteiger partial charge >= 0.3 is 6.03 Å². The zero-order chi connectivity index (χ0) is 20.4. The second-order valence-electron chi connectivity index (χ2n) is 6.88. The monoisotopic (exact) mass is 428 g/mol. The molecule has 0 radical (unpaired) electrons. The second kappa shape index (κ2) is 13.2. The van der Waals surface area contributed by atoms with E-state index in [1.54, 1.807) is 18.2 Å². The number of nitrogens with one attached hydrogen (secondary N) is 3. The molecule has 3 amide bonds. The number of hydrogen-bond acceptors (Lipinski definition) is 6. The minimum atomic E-state index is -0.559. The summed E-state index contributed by atoms with van der Waals surface area (Å²) in [7, 11) is 0. The van der Waals surface area contributed by atoms with Crippen molar-refractivity contribution in [2.75, 3.05) is 44.7 Å². The Kier molecular flexibility index (Phi) is 11.4. The first-order chi connectivity index (χ1) is 13.5. The third-order valence-corrected chi connectivity index (χ3v) is 4.36. The third-order valence-electron chi connectivity index (χ3n) is 4.36. The lowest BCUT2D eigenvalue weighted by atomic mass is 10.2. The first-order valence-electron chi connectivity index (χ1n) is 9.98. The number of anilines is 1. The summed E-state index contributed by atoms with van der Waals surface area (Å²) >= 11 is 0. The van der Waals surface area contributed by atoms with E-state index in [1.807, 2.05) is 13.8 Å². The average molecular weight is 429 g/mol. The lowest BCUT2D eigenvalue weighted by Crippen LogP contribution is -2.53. The number of ether oxygens (including phenoxy) is 2. The summed E-state index contributed by atoms with van der Waals surface area (Å²) in [4.78, 5) is 26.4. The number of piperazine rings is 1. The van der Waals surface area contributed by atoms with E-state index in [2.05, 4.69) is 27.8 Å². The molecule has 0 aliphatic carbocycles. The van der Waals surface area contributed by atoms with E-state index >= 15 is 0 Å². The number of rotatable bonds is 9. The van der Waals surface area contributed by atoms with Crippen LogP contribution in [-0.2, 0) is 4.79 Å². The number of nitrogens with zero attached hydrogens (tertiary/aromatic N) is 1. The Labute approximate surface area is 179 Å². The molecule has 1 aromatic rings. The van der Waals surface area contributed by atoms with Gasteiger partial charge in [0.25, 0.3) is 0 Å². The standard InChI is InChI=1S/C20H32N4O4.ClH/c1-4-10-27-17-7-6-16(12-18(17)28-11-5-2)22-20(26)23-19(25)14-24-9-8-21-13-15(24)3;/h6-7,12,15,21H,4-5,8-11,13-14H2,1-3H3,(H2,22,23,25,26);1H/t15-;/m0./s1. The summed E-state index contributed by atoms with van der Waals surface area (Å²) in [6.45, 7) is 9.92. The van der Waals surface area contributed by atoms with E-state index in [9.17, 15) is 9.59 Å². The fourth-order valence-electron chi connectivity index (χ4n) is 2.87. The molecule has 9 heteroatoms. The van der Waals surface area contributed by atoms with Gasteiger partial charge in [0.15, 0.2) is 11.5 Å². The van der Waals surface area contributed by atoms with Crippen molar-refractivity contribution >= 4 is 30.0 Å². The Morgan fingerprint density at radius 3 is 2.52 bits per heavy atom. The van der Waals surface area contributed by atoms with Crippen molar-refractivity contribution in [3.05, 3.63) is 18.2 Å². The predicted octanol–water partition coefficient (Wildman–Crippen LogP) is 2.63. The van der Waals surface area contributed by atoms with Crippen molar-refractivity contribution in [1.82, 2.24) is 15.5 Å². The molecule has 3 N–H and O–H groups in total. The van der Waals surface area contributed by atoms with Gasteiger partial charge in [-0.15, -0.1) is 12.4 Å². The van der Waals surface area contributed by atoms with Crippen molar-refractivity contribution < 1.29 is 19.1 Å². The van der Waals surface area contributed by atoms with Crippen molar-refractivity contribution in [2.45, 2.75) is 39.7 Å². The highest BCUT2D eigenvalue weighted by Crippen LogP contribution is 2.30. The maximum absolute atomic E-state index is 12.2. The first kappa shape index (κ1) is 25.0. The summed E-state index contributed by atoms with van der Waals surface area (Å²) in [6, 6.07) is 4.91. The van der Waals surface area contributed by atoms with Gasteiger partial charge in [-0.05, 0) is 31.9 Å². The van der Waals surface area contributed by atoms with Crippen LogP contribution in [0.5, 0.6) is 11.5 Å². The zero-order valence-corrected chi connectivity index (χ0v) is 18.3. The smallest absolute Gasteiger partial charge is 0.325 e. The van der Waals surface area contributed by atoms with E-state index < -0.39 is 6.03 Å². The van der Waals surface area contributed by atoms with Crippen molar-refractivity contribution in [2.24, 2.45) is 0 Å². The molecule has 1 atom stereocenters. The molecule has 1 aromatic carbocycles. The number of halogens is 1. The Morgan fingerprint density at radius 2 is 1.86 bits per heavy atom. The molecule has 0 bridgehead atoms. The average Bonchev–Trinajstić information content (AvgIpc) is 2.67. The van der Waals surface area contributed by atoms with Crippen LogP contribution < -0.4 is 25.4 Å². The number of amides is 3. The summed E-state index contributed by atoms with van der Waals surface area (Å²) in [5.41, 5.74) is 0.538. The van der Waals surface area contributed by atoms with Crippen LogP contribution in [0.1, 0.15) is 33.6 Å². The van der Waals surface area contributed by atoms with E-state index in [4.69, 9.17) is 9.47 Å². The molecule has 0 spiro atoms. The van der Waals surface area contributed by atoms with E-state index in [0.29, 0.717) is 30.4 Å². The molecule has 8 nitrogen and oxygen atoms in total. The lowest BCUT2D eigenvalue weighted by Gasteiger charge is -2.33. The number of carbonyl (C=O) groups is 2. The third kappa shape index (κ3) is 8.47. The fraction of sp³-hybridized carbons (Fsp3) is 0.600. The van der Waals surface area contributed by atoms with E-state index in [0.717, 1.165) is 32.5 Å². The summed E-state index contributed by atoms with van der Waals surface area (Å²) in [5, 5.41) is 8.34. The topological polar surface area (TPSA) is 91.9 Å². The molecule has 1 aliphatic rings. The van der Waals surface area contributed by atoms with Crippen molar-refractivity contribution in [1.29, 1.82) is 0 Å². The number of hydrogen-bond donors (Lipinski definition) is 3. The van der Waals surface area contributed by atoms with Gasteiger partial charge in [0.1, 0.15) is 0 Å². The predicted molar refractivity (Wildman–Crippen MR) is 116 cm³/mol. The van der Waals surface area contributed by atoms with Crippen LogP contribution >= 0.6 is 12.4 Å². The van der Waals surface area contributed by atoms with Gasteiger partial charge < -0.3 is 20.1 Å². The summed E-state index contributed by atoms with van der Waals surface area (Å²) in [5.74, 6) is 0.899. The van der Waals surface area contributed by atoms with E-state index in [-0.39, 0.29) is 30.9 Å². The molecule has 1 saturated heterocycles. The molecule has 0 saturated carbocycles. The molecule has 164 valence electrons. The minimum absolute atomic E-state index is 0. The van der Waals surface area contributed by atoms with Crippen LogP contribution in [0.4, 0.5) is 10.5 Å². The van der Waals surface area contributed by atoms with Gasteiger partial charge in [-0.2, -0.15) is 0 Å². The SMILES string of the molecule is CCCOc1ccc(NC(=O)NC(=O)CN2CCNC[C@@H]2C)cc1OCCC.Cl. The number of imide groups is 1. The largest absolute Gasteiger partial charge is 0.490 e.